The zero-order valence-electron chi connectivity index (χ0n) is 12.4. The lowest BCUT2D eigenvalue weighted by molar-refractivity contribution is 0.0929. The molecule has 0 spiro atoms. The molecule has 0 bridgehead atoms. The van der Waals surface area contributed by atoms with Crippen molar-refractivity contribution in [2.24, 2.45) is 5.41 Å². The normalized spacial score (nSPS) is 11.5. The lowest BCUT2D eigenvalue weighted by Gasteiger charge is -2.28. The third-order valence-corrected chi connectivity index (χ3v) is 2.76. The minimum atomic E-state index is -0.0933. The largest absolute Gasteiger partial charge is 0.372 e. The zero-order valence-corrected chi connectivity index (χ0v) is 12.4. The van der Waals surface area contributed by atoms with E-state index in [1.165, 1.54) is 0 Å². The Hall–Kier alpha value is -1.62. The predicted molar refractivity (Wildman–Crippen MR) is 78.5 cm³/mol. The van der Waals surface area contributed by atoms with Crippen molar-refractivity contribution in [2.75, 3.05) is 39.5 Å². The SMILES string of the molecule is CNc1ncccc1C(=O)NCC(C)(C)CN(C)C. The van der Waals surface area contributed by atoms with Crippen molar-refractivity contribution in [1.29, 1.82) is 0 Å². The second-order valence-electron chi connectivity index (χ2n) is 5.73. The van der Waals surface area contributed by atoms with Crippen LogP contribution in [0.3, 0.4) is 0 Å². The van der Waals surface area contributed by atoms with Gasteiger partial charge in [-0.3, -0.25) is 4.79 Å². The Bertz CT molecular complexity index is 429. The predicted octanol–water partition coefficient (Wildman–Crippen LogP) is 1.44. The molecule has 5 nitrogen and oxygen atoms in total. The van der Waals surface area contributed by atoms with E-state index in [-0.39, 0.29) is 11.3 Å². The molecule has 2 N–H and O–H groups in total. The number of carbonyl (C=O) groups is 1. The van der Waals surface area contributed by atoms with Crippen LogP contribution in [0.15, 0.2) is 18.3 Å². The van der Waals surface area contributed by atoms with Gasteiger partial charge in [0, 0.05) is 26.3 Å². The van der Waals surface area contributed by atoms with Gasteiger partial charge in [-0.15, -0.1) is 0 Å². The quantitative estimate of drug-likeness (QED) is 0.816. The highest BCUT2D eigenvalue weighted by Crippen LogP contribution is 2.15. The molecular weight excluding hydrogens is 240 g/mol. The van der Waals surface area contributed by atoms with Crippen LogP contribution in [0.2, 0.25) is 0 Å². The summed E-state index contributed by atoms with van der Waals surface area (Å²) in [6.07, 6.45) is 1.67. The minimum Gasteiger partial charge on any atom is -0.372 e. The Balaban J connectivity index is 2.65. The number of amides is 1. The van der Waals surface area contributed by atoms with Crippen LogP contribution in [-0.2, 0) is 0 Å². The fourth-order valence-corrected chi connectivity index (χ4v) is 2.11. The molecule has 0 saturated carbocycles. The topological polar surface area (TPSA) is 57.3 Å². The molecule has 1 rings (SSSR count). The molecule has 19 heavy (non-hydrogen) atoms. The Kier molecular flexibility index (Phi) is 5.30. The first-order valence-electron chi connectivity index (χ1n) is 6.41. The van der Waals surface area contributed by atoms with Gasteiger partial charge in [-0.2, -0.15) is 0 Å². The molecule has 0 atom stereocenters. The number of hydrogen-bond acceptors (Lipinski definition) is 4. The van der Waals surface area contributed by atoms with Crippen molar-refractivity contribution >= 4 is 11.7 Å². The molecule has 0 aliphatic carbocycles. The number of hydrogen-bond donors (Lipinski definition) is 2. The van der Waals surface area contributed by atoms with Crippen LogP contribution in [0.1, 0.15) is 24.2 Å². The van der Waals surface area contributed by atoms with Gasteiger partial charge < -0.3 is 15.5 Å². The number of anilines is 1. The van der Waals surface area contributed by atoms with E-state index in [0.29, 0.717) is 17.9 Å². The summed E-state index contributed by atoms with van der Waals surface area (Å²) in [6, 6.07) is 3.54. The highest BCUT2D eigenvalue weighted by atomic mass is 16.1. The summed E-state index contributed by atoms with van der Waals surface area (Å²) in [4.78, 5) is 18.4. The van der Waals surface area contributed by atoms with E-state index in [0.717, 1.165) is 6.54 Å². The molecule has 0 radical (unpaired) electrons. The zero-order chi connectivity index (χ0) is 14.5. The van der Waals surface area contributed by atoms with Gasteiger partial charge >= 0.3 is 0 Å². The fraction of sp³-hybridized carbons (Fsp3) is 0.571. The van der Waals surface area contributed by atoms with Crippen molar-refractivity contribution in [1.82, 2.24) is 15.2 Å². The van der Waals surface area contributed by atoms with Gasteiger partial charge in [0.15, 0.2) is 0 Å². The van der Waals surface area contributed by atoms with Crippen molar-refractivity contribution in [3.8, 4) is 0 Å². The molecule has 5 heteroatoms. The van der Waals surface area contributed by atoms with E-state index < -0.39 is 0 Å². The molecule has 1 aromatic heterocycles. The molecule has 0 saturated heterocycles. The number of nitrogens with one attached hydrogen (secondary N) is 2. The molecule has 1 heterocycles. The maximum Gasteiger partial charge on any atom is 0.255 e. The van der Waals surface area contributed by atoms with E-state index in [1.54, 1.807) is 25.4 Å². The van der Waals surface area contributed by atoms with Gasteiger partial charge in [0.1, 0.15) is 5.82 Å². The smallest absolute Gasteiger partial charge is 0.255 e. The van der Waals surface area contributed by atoms with Crippen molar-refractivity contribution in [3.63, 3.8) is 0 Å². The molecular formula is C14H24N4O. The summed E-state index contributed by atoms with van der Waals surface area (Å²) >= 11 is 0. The highest BCUT2D eigenvalue weighted by molar-refractivity contribution is 5.98. The van der Waals surface area contributed by atoms with Crippen LogP contribution in [0.25, 0.3) is 0 Å². The third kappa shape index (κ3) is 4.87. The number of nitrogens with zero attached hydrogens (tertiary/aromatic N) is 2. The second kappa shape index (κ2) is 6.52. The first-order chi connectivity index (χ1) is 8.85. The molecule has 106 valence electrons. The Morgan fingerprint density at radius 1 is 1.42 bits per heavy atom. The summed E-state index contributed by atoms with van der Waals surface area (Å²) < 4.78 is 0. The third-order valence-electron chi connectivity index (χ3n) is 2.76. The molecule has 0 unspecified atom stereocenters. The standard InChI is InChI=1S/C14H24N4O/c1-14(2,10-18(4)5)9-17-13(19)11-7-6-8-16-12(11)15-3/h6-8H,9-10H2,1-5H3,(H,15,16)(H,17,19). The van der Waals surface area contributed by atoms with Crippen molar-refractivity contribution in [3.05, 3.63) is 23.9 Å². The van der Waals surface area contributed by atoms with E-state index in [4.69, 9.17) is 0 Å². The van der Waals surface area contributed by atoms with Crippen LogP contribution >= 0.6 is 0 Å². The average molecular weight is 264 g/mol. The van der Waals surface area contributed by atoms with Gasteiger partial charge in [-0.05, 0) is 31.6 Å². The summed E-state index contributed by atoms with van der Waals surface area (Å²) in [5.74, 6) is 0.509. The van der Waals surface area contributed by atoms with Crippen LogP contribution in [0.5, 0.6) is 0 Å². The molecule has 0 aromatic carbocycles. The van der Waals surface area contributed by atoms with Crippen LogP contribution < -0.4 is 10.6 Å². The number of carbonyl (C=O) groups excluding carboxylic acids is 1. The van der Waals surface area contributed by atoms with Crippen molar-refractivity contribution < 1.29 is 4.79 Å². The molecule has 1 aromatic rings. The maximum absolute atomic E-state index is 12.2. The van der Waals surface area contributed by atoms with Crippen molar-refractivity contribution in [2.45, 2.75) is 13.8 Å². The van der Waals surface area contributed by atoms with E-state index in [1.807, 2.05) is 14.1 Å². The Morgan fingerprint density at radius 3 is 2.68 bits per heavy atom. The monoisotopic (exact) mass is 264 g/mol. The molecule has 0 aliphatic heterocycles. The van der Waals surface area contributed by atoms with Gasteiger partial charge in [-0.1, -0.05) is 13.8 Å². The number of rotatable bonds is 6. The average Bonchev–Trinajstić information content (AvgIpc) is 2.34. The Labute approximate surface area is 115 Å². The second-order valence-corrected chi connectivity index (χ2v) is 5.73. The minimum absolute atomic E-state index is 0.0289. The summed E-state index contributed by atoms with van der Waals surface area (Å²) in [5, 5.41) is 5.90. The number of pyridine rings is 1. The van der Waals surface area contributed by atoms with Gasteiger partial charge in [0.25, 0.3) is 5.91 Å². The summed E-state index contributed by atoms with van der Waals surface area (Å²) in [7, 11) is 5.82. The maximum atomic E-state index is 12.2. The Morgan fingerprint density at radius 2 is 2.11 bits per heavy atom. The first-order valence-corrected chi connectivity index (χ1v) is 6.41. The van der Waals surface area contributed by atoms with E-state index >= 15 is 0 Å². The summed E-state index contributed by atoms with van der Waals surface area (Å²) in [5.41, 5.74) is 0.604. The van der Waals surface area contributed by atoms with Crippen LogP contribution in [0.4, 0.5) is 5.82 Å². The molecule has 0 aliphatic rings. The lowest BCUT2D eigenvalue weighted by Crippen LogP contribution is -2.40. The lowest BCUT2D eigenvalue weighted by atomic mass is 9.93. The van der Waals surface area contributed by atoms with Gasteiger partial charge in [-0.25, -0.2) is 4.98 Å². The summed E-state index contributed by atoms with van der Waals surface area (Å²) in [6.45, 7) is 5.81. The van der Waals surface area contributed by atoms with Gasteiger partial charge in [0.05, 0.1) is 5.56 Å². The van der Waals surface area contributed by atoms with Gasteiger partial charge in [0.2, 0.25) is 0 Å². The fourth-order valence-electron chi connectivity index (χ4n) is 2.11. The molecule has 1 amide bonds. The van der Waals surface area contributed by atoms with Crippen LogP contribution in [-0.4, -0.2) is 50.0 Å². The van der Waals surface area contributed by atoms with E-state index in [9.17, 15) is 4.79 Å². The van der Waals surface area contributed by atoms with E-state index in [2.05, 4.69) is 34.4 Å². The number of aromatic nitrogens is 1. The first kappa shape index (κ1) is 15.4. The highest BCUT2D eigenvalue weighted by Gasteiger charge is 2.21. The molecule has 0 fully saturated rings. The van der Waals surface area contributed by atoms with Crippen LogP contribution in [0, 0.1) is 5.41 Å².